The zero-order valence-electron chi connectivity index (χ0n) is 10.5. The first kappa shape index (κ1) is 17.2. The van der Waals surface area contributed by atoms with Crippen LogP contribution in [0.3, 0.4) is 0 Å². The van der Waals surface area contributed by atoms with E-state index in [-0.39, 0.29) is 11.0 Å². The summed E-state index contributed by atoms with van der Waals surface area (Å²) < 4.78 is 38.3. The van der Waals surface area contributed by atoms with Crippen LogP contribution in [0.5, 0.6) is 0 Å². The second-order valence-electron chi connectivity index (χ2n) is 4.09. The van der Waals surface area contributed by atoms with Crippen molar-refractivity contribution in [2.45, 2.75) is 11.8 Å². The molecule has 0 spiro atoms. The van der Waals surface area contributed by atoms with Gasteiger partial charge >= 0.3 is 6.18 Å². The summed E-state index contributed by atoms with van der Waals surface area (Å²) in [5, 5.41) is 20.5. The van der Waals surface area contributed by atoms with Crippen molar-refractivity contribution in [2.75, 3.05) is 10.6 Å². The fraction of sp³-hybridized carbons (Fsp3) is 0.231. The number of aliphatic hydroxyl groups is 1. The molecule has 1 unspecified atom stereocenters. The first-order valence-corrected chi connectivity index (χ1v) is 6.65. The van der Waals surface area contributed by atoms with Gasteiger partial charge in [0.05, 0.1) is 17.2 Å². The van der Waals surface area contributed by atoms with Crippen molar-refractivity contribution in [1.29, 1.82) is 5.26 Å². The lowest BCUT2D eigenvalue weighted by molar-refractivity contribution is -0.137. The van der Waals surface area contributed by atoms with Crippen molar-refractivity contribution < 1.29 is 23.1 Å². The molecule has 0 bridgehead atoms. The van der Waals surface area contributed by atoms with Gasteiger partial charge in [0, 0.05) is 11.0 Å². The third kappa shape index (κ3) is 3.83. The molecule has 0 saturated carbocycles. The molecule has 112 valence electrons. The Hall–Kier alpha value is -1.85. The largest absolute Gasteiger partial charge is 0.417 e. The quantitative estimate of drug-likeness (QED) is 0.638. The predicted molar refractivity (Wildman–Crippen MR) is 73.7 cm³/mol. The van der Waals surface area contributed by atoms with Crippen LogP contribution in [0.15, 0.2) is 30.9 Å². The standard InChI is InChI=1S/C13H10BrF3N2O2/c1-2-12(21,7-14)11(20)19-9-4-3-8(6-18)10(5-9)13(15,16)17/h2-5,21H,1,7H2,(H,19,20). The average molecular weight is 363 g/mol. The molecule has 1 aromatic rings. The molecule has 0 aliphatic heterocycles. The molecule has 1 atom stereocenters. The van der Waals surface area contributed by atoms with E-state index < -0.39 is 28.8 Å². The van der Waals surface area contributed by atoms with Crippen LogP contribution in [0.2, 0.25) is 0 Å². The van der Waals surface area contributed by atoms with E-state index in [1.165, 1.54) is 6.07 Å². The number of amides is 1. The highest BCUT2D eigenvalue weighted by molar-refractivity contribution is 9.09. The second kappa shape index (κ2) is 6.28. The number of hydrogen-bond acceptors (Lipinski definition) is 3. The van der Waals surface area contributed by atoms with Crippen molar-refractivity contribution in [2.24, 2.45) is 0 Å². The van der Waals surface area contributed by atoms with Gasteiger partial charge in [-0.05, 0) is 18.2 Å². The van der Waals surface area contributed by atoms with Crippen LogP contribution in [0.4, 0.5) is 18.9 Å². The van der Waals surface area contributed by atoms with Gasteiger partial charge in [0.2, 0.25) is 0 Å². The number of carbonyl (C=O) groups excluding carboxylic acids is 1. The molecule has 0 aliphatic carbocycles. The van der Waals surface area contributed by atoms with E-state index in [4.69, 9.17) is 5.26 Å². The Morgan fingerprint density at radius 1 is 1.52 bits per heavy atom. The van der Waals surface area contributed by atoms with Crippen molar-refractivity contribution in [3.05, 3.63) is 42.0 Å². The van der Waals surface area contributed by atoms with Crippen molar-refractivity contribution >= 4 is 27.5 Å². The van der Waals surface area contributed by atoms with Gasteiger partial charge in [-0.1, -0.05) is 28.6 Å². The van der Waals surface area contributed by atoms with Gasteiger partial charge in [-0.25, -0.2) is 0 Å². The van der Waals surface area contributed by atoms with Crippen molar-refractivity contribution in [3.63, 3.8) is 0 Å². The number of nitrogens with one attached hydrogen (secondary N) is 1. The van der Waals surface area contributed by atoms with Crippen LogP contribution >= 0.6 is 15.9 Å². The van der Waals surface area contributed by atoms with E-state index in [0.29, 0.717) is 6.07 Å². The molecule has 2 N–H and O–H groups in total. The van der Waals surface area contributed by atoms with Gasteiger partial charge in [-0.2, -0.15) is 18.4 Å². The summed E-state index contributed by atoms with van der Waals surface area (Å²) in [7, 11) is 0. The molecule has 0 heterocycles. The molecule has 8 heteroatoms. The molecule has 0 saturated heterocycles. The monoisotopic (exact) mass is 362 g/mol. The van der Waals surface area contributed by atoms with Gasteiger partial charge in [0.1, 0.15) is 0 Å². The topological polar surface area (TPSA) is 73.1 Å². The third-order valence-corrected chi connectivity index (χ3v) is 3.49. The van der Waals surface area contributed by atoms with Crippen LogP contribution in [-0.2, 0) is 11.0 Å². The molecule has 4 nitrogen and oxygen atoms in total. The maximum absolute atomic E-state index is 12.8. The van der Waals surface area contributed by atoms with E-state index in [1.54, 1.807) is 0 Å². The molecule has 1 rings (SSSR count). The summed E-state index contributed by atoms with van der Waals surface area (Å²) in [6.45, 7) is 3.29. The normalized spacial score (nSPS) is 13.9. The first-order chi connectivity index (χ1) is 9.67. The molecule has 1 aromatic carbocycles. The summed E-state index contributed by atoms with van der Waals surface area (Å²) in [6, 6.07) is 4.15. The van der Waals surface area contributed by atoms with Crippen LogP contribution in [0.1, 0.15) is 11.1 Å². The molecule has 0 aliphatic rings. The summed E-state index contributed by atoms with van der Waals surface area (Å²) >= 11 is 2.91. The van der Waals surface area contributed by atoms with Crippen LogP contribution in [0.25, 0.3) is 0 Å². The van der Waals surface area contributed by atoms with Gasteiger partial charge in [-0.3, -0.25) is 4.79 Å². The first-order valence-electron chi connectivity index (χ1n) is 5.52. The number of nitrogens with zero attached hydrogens (tertiary/aromatic N) is 1. The SMILES string of the molecule is C=CC(O)(CBr)C(=O)Nc1ccc(C#N)c(C(F)(F)F)c1. The van der Waals surface area contributed by atoms with Crippen molar-refractivity contribution in [1.82, 2.24) is 0 Å². The summed E-state index contributed by atoms with van der Waals surface area (Å²) in [4.78, 5) is 11.8. The molecular formula is C13H10BrF3N2O2. The number of rotatable bonds is 4. The average Bonchev–Trinajstić information content (AvgIpc) is 2.45. The molecular weight excluding hydrogens is 353 g/mol. The second-order valence-corrected chi connectivity index (χ2v) is 4.65. The minimum Gasteiger partial charge on any atom is -0.375 e. The summed E-state index contributed by atoms with van der Waals surface area (Å²) in [6.07, 6.45) is -3.76. The summed E-state index contributed by atoms with van der Waals surface area (Å²) in [5.74, 6) is -0.938. The molecule has 0 fully saturated rings. The lowest BCUT2D eigenvalue weighted by Gasteiger charge is -2.21. The molecule has 1 amide bonds. The fourth-order valence-electron chi connectivity index (χ4n) is 1.40. The Labute approximate surface area is 127 Å². The van der Waals surface area contributed by atoms with E-state index in [0.717, 1.165) is 18.2 Å². The number of carbonyl (C=O) groups is 1. The van der Waals surface area contributed by atoms with Crippen molar-refractivity contribution in [3.8, 4) is 6.07 Å². The Morgan fingerprint density at radius 2 is 2.14 bits per heavy atom. The third-order valence-electron chi connectivity index (χ3n) is 2.64. The Bertz CT molecular complexity index is 610. The van der Waals surface area contributed by atoms with E-state index in [2.05, 4.69) is 27.8 Å². The zero-order valence-corrected chi connectivity index (χ0v) is 12.1. The lowest BCUT2D eigenvalue weighted by Crippen LogP contribution is -2.42. The molecule has 0 radical (unpaired) electrons. The highest BCUT2D eigenvalue weighted by atomic mass is 79.9. The number of halogens is 4. The lowest BCUT2D eigenvalue weighted by atomic mass is 10.0. The minimum absolute atomic E-state index is 0.169. The Kier molecular flexibility index (Phi) is 5.15. The van der Waals surface area contributed by atoms with Gasteiger partial charge in [0.15, 0.2) is 5.60 Å². The number of nitriles is 1. The highest BCUT2D eigenvalue weighted by Crippen LogP contribution is 2.33. The smallest absolute Gasteiger partial charge is 0.375 e. The van der Waals surface area contributed by atoms with Crippen LogP contribution in [-0.4, -0.2) is 21.9 Å². The maximum Gasteiger partial charge on any atom is 0.417 e. The highest BCUT2D eigenvalue weighted by Gasteiger charge is 2.35. The molecule has 21 heavy (non-hydrogen) atoms. The molecule has 0 aromatic heterocycles. The van der Waals surface area contributed by atoms with Crippen LogP contribution in [0, 0.1) is 11.3 Å². The Balaban J connectivity index is 3.15. The van der Waals surface area contributed by atoms with Gasteiger partial charge in [-0.15, -0.1) is 0 Å². The minimum atomic E-state index is -4.73. The van der Waals surface area contributed by atoms with E-state index in [9.17, 15) is 23.1 Å². The number of alkyl halides is 4. The van der Waals surface area contributed by atoms with Gasteiger partial charge < -0.3 is 10.4 Å². The zero-order chi connectivity index (χ0) is 16.3. The maximum atomic E-state index is 12.8. The number of benzene rings is 1. The van der Waals surface area contributed by atoms with Crippen LogP contribution < -0.4 is 5.32 Å². The van der Waals surface area contributed by atoms with E-state index >= 15 is 0 Å². The van der Waals surface area contributed by atoms with Gasteiger partial charge in [0.25, 0.3) is 5.91 Å². The fourth-order valence-corrected chi connectivity index (χ4v) is 1.88. The Morgan fingerprint density at radius 3 is 2.57 bits per heavy atom. The summed E-state index contributed by atoms with van der Waals surface area (Å²) in [5.41, 5.74) is -3.86. The predicted octanol–water partition coefficient (Wildman–Crippen LogP) is 2.83. The van der Waals surface area contributed by atoms with E-state index in [1.807, 2.05) is 0 Å². The number of anilines is 1. The number of hydrogen-bond donors (Lipinski definition) is 2.